The van der Waals surface area contributed by atoms with Crippen molar-refractivity contribution in [2.24, 2.45) is 7.05 Å². The van der Waals surface area contributed by atoms with E-state index in [9.17, 15) is 0 Å². The third-order valence-electron chi connectivity index (χ3n) is 1.91. The van der Waals surface area contributed by atoms with Gasteiger partial charge in [0.25, 0.3) is 0 Å². The number of nitrogens with zero attached hydrogens (tertiary/aromatic N) is 2. The van der Waals surface area contributed by atoms with Gasteiger partial charge in [0, 0.05) is 13.2 Å². The largest absolute Gasteiger partial charge is 0.393 e. The van der Waals surface area contributed by atoms with Gasteiger partial charge in [0.1, 0.15) is 0 Å². The van der Waals surface area contributed by atoms with E-state index in [2.05, 4.69) is 5.10 Å². The van der Waals surface area contributed by atoms with Gasteiger partial charge in [0.2, 0.25) is 0 Å². The van der Waals surface area contributed by atoms with E-state index >= 15 is 0 Å². The summed E-state index contributed by atoms with van der Waals surface area (Å²) in [6.07, 6.45) is 3.42. The summed E-state index contributed by atoms with van der Waals surface area (Å²) in [7, 11) is 1.92. The highest BCUT2D eigenvalue weighted by molar-refractivity contribution is 5.14. The van der Waals surface area contributed by atoms with Gasteiger partial charge in [-0.3, -0.25) is 4.68 Å². The van der Waals surface area contributed by atoms with E-state index in [1.54, 1.807) is 6.92 Å². The lowest BCUT2D eigenvalue weighted by atomic mass is 10.1. The third-order valence-corrected chi connectivity index (χ3v) is 1.91. The van der Waals surface area contributed by atoms with Crippen molar-refractivity contribution in [1.82, 2.24) is 9.78 Å². The summed E-state index contributed by atoms with van der Waals surface area (Å²) in [5.74, 6) is 0. The Kier molecular flexibility index (Phi) is 2.87. The van der Waals surface area contributed by atoms with Crippen LogP contribution in [0.15, 0.2) is 6.20 Å². The van der Waals surface area contributed by atoms with Crippen LogP contribution in [0.2, 0.25) is 0 Å². The maximum Gasteiger partial charge on any atom is 0.0654 e. The first kappa shape index (κ1) is 9.26. The minimum Gasteiger partial charge on any atom is -0.393 e. The van der Waals surface area contributed by atoms with E-state index in [1.807, 2.05) is 24.9 Å². The molecule has 0 spiro atoms. The molecule has 0 saturated carbocycles. The van der Waals surface area contributed by atoms with Crippen molar-refractivity contribution in [2.45, 2.75) is 32.8 Å². The van der Waals surface area contributed by atoms with Crippen molar-refractivity contribution < 1.29 is 5.11 Å². The van der Waals surface area contributed by atoms with Gasteiger partial charge in [-0.15, -0.1) is 0 Å². The monoisotopic (exact) mass is 168 g/mol. The summed E-state index contributed by atoms with van der Waals surface area (Å²) in [5.41, 5.74) is 2.30. The van der Waals surface area contributed by atoms with Crippen LogP contribution in [-0.2, 0) is 13.5 Å². The number of hydrogen-bond acceptors (Lipinski definition) is 2. The topological polar surface area (TPSA) is 38.0 Å². The zero-order chi connectivity index (χ0) is 9.14. The Morgan fingerprint density at radius 3 is 2.75 bits per heavy atom. The summed E-state index contributed by atoms with van der Waals surface area (Å²) >= 11 is 0. The first-order valence-electron chi connectivity index (χ1n) is 4.27. The fraction of sp³-hybridized carbons (Fsp3) is 0.667. The van der Waals surface area contributed by atoms with Gasteiger partial charge in [0.15, 0.2) is 0 Å². The summed E-state index contributed by atoms with van der Waals surface area (Å²) in [4.78, 5) is 0. The van der Waals surface area contributed by atoms with Crippen LogP contribution in [0.4, 0.5) is 0 Å². The van der Waals surface area contributed by atoms with Crippen LogP contribution in [0.1, 0.15) is 24.6 Å². The van der Waals surface area contributed by atoms with E-state index in [-0.39, 0.29) is 6.10 Å². The Bertz CT molecular complexity index is 253. The standard InChI is InChI=1S/C9H16N2O/c1-7-6-11(3)10-9(7)5-4-8(2)12/h6,8,12H,4-5H2,1-3H3/t8-/m1/s1. The fourth-order valence-corrected chi connectivity index (χ4v) is 1.25. The van der Waals surface area contributed by atoms with Crippen molar-refractivity contribution in [1.29, 1.82) is 0 Å². The molecule has 3 heteroatoms. The van der Waals surface area contributed by atoms with Crippen molar-refractivity contribution in [3.63, 3.8) is 0 Å². The number of aryl methyl sites for hydroxylation is 3. The molecular weight excluding hydrogens is 152 g/mol. The first-order valence-corrected chi connectivity index (χ1v) is 4.27. The minimum atomic E-state index is -0.230. The van der Waals surface area contributed by atoms with Gasteiger partial charge in [0.05, 0.1) is 11.8 Å². The molecule has 0 aliphatic rings. The number of rotatable bonds is 3. The van der Waals surface area contributed by atoms with Crippen LogP contribution in [0.25, 0.3) is 0 Å². The maximum absolute atomic E-state index is 9.08. The van der Waals surface area contributed by atoms with Crippen LogP contribution < -0.4 is 0 Å². The average Bonchev–Trinajstić information content (AvgIpc) is 2.26. The molecule has 1 N–H and O–H groups in total. The lowest BCUT2D eigenvalue weighted by Crippen LogP contribution is -2.02. The summed E-state index contributed by atoms with van der Waals surface area (Å²) in [6.45, 7) is 3.85. The van der Waals surface area contributed by atoms with Gasteiger partial charge in [-0.05, 0) is 32.3 Å². The summed E-state index contributed by atoms with van der Waals surface area (Å²) in [6, 6.07) is 0. The molecule has 1 rings (SSSR count). The number of aliphatic hydroxyl groups is 1. The second-order valence-corrected chi connectivity index (χ2v) is 3.32. The predicted molar refractivity (Wildman–Crippen MR) is 47.9 cm³/mol. The van der Waals surface area contributed by atoms with E-state index in [0.717, 1.165) is 18.5 Å². The molecule has 0 aliphatic heterocycles. The smallest absolute Gasteiger partial charge is 0.0654 e. The SMILES string of the molecule is Cc1cn(C)nc1CC[C@@H](C)O. The van der Waals surface area contributed by atoms with Gasteiger partial charge in [-0.2, -0.15) is 5.10 Å². The lowest BCUT2D eigenvalue weighted by molar-refractivity contribution is 0.184. The Morgan fingerprint density at radius 1 is 1.67 bits per heavy atom. The molecule has 0 fully saturated rings. The molecule has 3 nitrogen and oxygen atoms in total. The highest BCUT2D eigenvalue weighted by atomic mass is 16.3. The molecule has 0 saturated heterocycles. The van der Waals surface area contributed by atoms with Gasteiger partial charge < -0.3 is 5.11 Å². The Labute approximate surface area is 73.0 Å². The maximum atomic E-state index is 9.08. The molecule has 0 aliphatic carbocycles. The molecule has 12 heavy (non-hydrogen) atoms. The third kappa shape index (κ3) is 2.34. The summed E-state index contributed by atoms with van der Waals surface area (Å²) < 4.78 is 1.81. The van der Waals surface area contributed by atoms with Gasteiger partial charge in [-0.1, -0.05) is 0 Å². The van der Waals surface area contributed by atoms with E-state index in [4.69, 9.17) is 5.11 Å². The van der Waals surface area contributed by atoms with Gasteiger partial charge >= 0.3 is 0 Å². The number of aliphatic hydroxyl groups excluding tert-OH is 1. The molecule has 1 atom stereocenters. The highest BCUT2D eigenvalue weighted by Gasteiger charge is 2.04. The second kappa shape index (κ2) is 3.72. The number of hydrogen-bond donors (Lipinski definition) is 1. The number of aromatic nitrogens is 2. The van der Waals surface area contributed by atoms with Crippen LogP contribution in [0, 0.1) is 6.92 Å². The van der Waals surface area contributed by atoms with Crippen LogP contribution in [-0.4, -0.2) is 21.0 Å². The van der Waals surface area contributed by atoms with Crippen LogP contribution in [0.3, 0.4) is 0 Å². The fourth-order valence-electron chi connectivity index (χ4n) is 1.25. The highest BCUT2D eigenvalue weighted by Crippen LogP contribution is 2.07. The quantitative estimate of drug-likeness (QED) is 0.732. The minimum absolute atomic E-state index is 0.230. The second-order valence-electron chi connectivity index (χ2n) is 3.32. The zero-order valence-corrected chi connectivity index (χ0v) is 7.91. The average molecular weight is 168 g/mol. The summed E-state index contributed by atoms with van der Waals surface area (Å²) in [5, 5.41) is 13.4. The van der Waals surface area contributed by atoms with Crippen molar-refractivity contribution in [3.8, 4) is 0 Å². The van der Waals surface area contributed by atoms with Crippen LogP contribution >= 0.6 is 0 Å². The molecule has 1 aromatic heterocycles. The molecular formula is C9H16N2O. The zero-order valence-electron chi connectivity index (χ0n) is 7.91. The van der Waals surface area contributed by atoms with Crippen molar-refractivity contribution >= 4 is 0 Å². The van der Waals surface area contributed by atoms with Crippen molar-refractivity contribution in [3.05, 3.63) is 17.5 Å². The van der Waals surface area contributed by atoms with E-state index in [1.165, 1.54) is 5.56 Å². The normalized spacial score (nSPS) is 13.3. The molecule has 0 amide bonds. The van der Waals surface area contributed by atoms with Crippen LogP contribution in [0.5, 0.6) is 0 Å². The van der Waals surface area contributed by atoms with Crippen molar-refractivity contribution in [2.75, 3.05) is 0 Å². The molecule has 0 bridgehead atoms. The molecule has 0 unspecified atom stereocenters. The predicted octanol–water partition coefficient (Wildman–Crippen LogP) is 1.04. The lowest BCUT2D eigenvalue weighted by Gasteiger charge is -2.01. The molecule has 1 aromatic rings. The first-order chi connectivity index (χ1) is 5.59. The molecule has 0 radical (unpaired) electrons. The Balaban J connectivity index is 2.57. The Hall–Kier alpha value is -0.830. The molecule has 1 heterocycles. The molecule has 0 aromatic carbocycles. The van der Waals surface area contributed by atoms with E-state index < -0.39 is 0 Å². The Morgan fingerprint density at radius 2 is 2.33 bits per heavy atom. The van der Waals surface area contributed by atoms with Gasteiger partial charge in [-0.25, -0.2) is 0 Å². The van der Waals surface area contributed by atoms with E-state index in [0.29, 0.717) is 0 Å². The molecule has 68 valence electrons.